The molecule has 2 aromatic rings. The molecule has 0 saturated carbocycles. The topological polar surface area (TPSA) is 52.1 Å². The zero-order chi connectivity index (χ0) is 11.4. The number of carbonyl (C=O) groups is 1. The normalized spacial score (nSPS) is 10.3. The summed E-state index contributed by atoms with van der Waals surface area (Å²) in [6, 6.07) is 5.82. The van der Waals surface area contributed by atoms with E-state index in [4.69, 9.17) is 0 Å². The summed E-state index contributed by atoms with van der Waals surface area (Å²) in [5.41, 5.74) is 2.78. The molecular formula is C12H12N2O2. The maximum Gasteiger partial charge on any atom is 0.305 e. The monoisotopic (exact) mass is 216 g/mol. The van der Waals surface area contributed by atoms with E-state index < -0.39 is 0 Å². The van der Waals surface area contributed by atoms with Gasteiger partial charge in [-0.05, 0) is 24.1 Å². The third kappa shape index (κ3) is 2.34. The molecule has 0 aliphatic carbocycles. The molecule has 0 unspecified atom stereocenters. The molecule has 0 saturated heterocycles. The van der Waals surface area contributed by atoms with Crippen LogP contribution in [0.5, 0.6) is 0 Å². The van der Waals surface area contributed by atoms with E-state index in [1.807, 2.05) is 18.2 Å². The van der Waals surface area contributed by atoms with E-state index in [0.717, 1.165) is 16.6 Å². The second-order valence-corrected chi connectivity index (χ2v) is 3.46. The first-order chi connectivity index (χ1) is 7.79. The lowest BCUT2D eigenvalue weighted by molar-refractivity contribution is -0.140. The zero-order valence-electron chi connectivity index (χ0n) is 9.01. The van der Waals surface area contributed by atoms with Crippen LogP contribution in [0.3, 0.4) is 0 Å². The van der Waals surface area contributed by atoms with Gasteiger partial charge >= 0.3 is 5.97 Å². The van der Waals surface area contributed by atoms with Gasteiger partial charge in [-0.1, -0.05) is 6.07 Å². The molecule has 1 heterocycles. The highest BCUT2D eigenvalue weighted by Gasteiger charge is 2.02. The molecule has 4 heteroatoms. The quantitative estimate of drug-likeness (QED) is 0.733. The molecule has 2 rings (SSSR count). The largest absolute Gasteiger partial charge is 0.469 e. The van der Waals surface area contributed by atoms with Gasteiger partial charge in [0.25, 0.3) is 0 Å². The van der Waals surface area contributed by atoms with Crippen molar-refractivity contribution in [2.24, 2.45) is 0 Å². The number of aromatic nitrogens is 2. The van der Waals surface area contributed by atoms with Crippen LogP contribution < -0.4 is 0 Å². The standard InChI is InChI=1S/C12H12N2O2/c1-16-12(15)5-3-9-2-4-10-11(8-9)14-7-6-13-10/h2,4,6-8H,3,5H2,1H3. The summed E-state index contributed by atoms with van der Waals surface area (Å²) < 4.78 is 4.59. The van der Waals surface area contributed by atoms with E-state index in [-0.39, 0.29) is 5.97 Å². The predicted octanol–water partition coefficient (Wildman–Crippen LogP) is 1.74. The molecule has 0 amide bonds. The molecule has 82 valence electrons. The number of rotatable bonds is 3. The maximum atomic E-state index is 11.0. The van der Waals surface area contributed by atoms with E-state index in [1.165, 1.54) is 7.11 Å². The van der Waals surface area contributed by atoms with Crippen molar-refractivity contribution in [1.29, 1.82) is 0 Å². The highest BCUT2D eigenvalue weighted by Crippen LogP contribution is 2.12. The minimum Gasteiger partial charge on any atom is -0.469 e. The third-order valence-corrected chi connectivity index (χ3v) is 2.38. The number of nitrogens with zero attached hydrogens (tertiary/aromatic N) is 2. The van der Waals surface area contributed by atoms with Crippen LogP contribution >= 0.6 is 0 Å². The smallest absolute Gasteiger partial charge is 0.305 e. The van der Waals surface area contributed by atoms with Gasteiger partial charge in [0.1, 0.15) is 0 Å². The third-order valence-electron chi connectivity index (χ3n) is 2.38. The molecule has 4 nitrogen and oxygen atoms in total. The molecule has 1 aromatic carbocycles. The first kappa shape index (κ1) is 10.5. The SMILES string of the molecule is COC(=O)CCc1ccc2nccnc2c1. The Morgan fingerprint density at radius 1 is 1.25 bits per heavy atom. The Balaban J connectivity index is 2.16. The summed E-state index contributed by atoms with van der Waals surface area (Å²) in [6.07, 6.45) is 4.38. The lowest BCUT2D eigenvalue weighted by Crippen LogP contribution is -2.01. The Bertz CT molecular complexity index is 511. The number of fused-ring (bicyclic) bond motifs is 1. The fourth-order valence-electron chi connectivity index (χ4n) is 1.51. The van der Waals surface area contributed by atoms with E-state index in [2.05, 4.69) is 14.7 Å². The van der Waals surface area contributed by atoms with Crippen molar-refractivity contribution in [2.75, 3.05) is 7.11 Å². The molecule has 0 atom stereocenters. The van der Waals surface area contributed by atoms with Gasteiger partial charge in [0.05, 0.1) is 18.1 Å². The van der Waals surface area contributed by atoms with E-state index in [0.29, 0.717) is 12.8 Å². The van der Waals surface area contributed by atoms with Crippen LogP contribution in [0.15, 0.2) is 30.6 Å². The van der Waals surface area contributed by atoms with Crippen LogP contribution in [0, 0.1) is 0 Å². The molecule has 0 spiro atoms. The molecule has 16 heavy (non-hydrogen) atoms. The molecule has 0 N–H and O–H groups in total. The lowest BCUT2D eigenvalue weighted by atomic mass is 10.1. The van der Waals surface area contributed by atoms with Crippen molar-refractivity contribution >= 4 is 17.0 Å². The van der Waals surface area contributed by atoms with Crippen molar-refractivity contribution in [3.05, 3.63) is 36.2 Å². The highest BCUT2D eigenvalue weighted by molar-refractivity contribution is 5.75. The Kier molecular flexibility index (Phi) is 3.10. The summed E-state index contributed by atoms with van der Waals surface area (Å²) >= 11 is 0. The van der Waals surface area contributed by atoms with Gasteiger partial charge in [-0.15, -0.1) is 0 Å². The number of hydrogen-bond acceptors (Lipinski definition) is 4. The summed E-state index contributed by atoms with van der Waals surface area (Å²) in [4.78, 5) is 19.4. The van der Waals surface area contributed by atoms with Crippen LogP contribution in [0.4, 0.5) is 0 Å². The van der Waals surface area contributed by atoms with Crippen molar-refractivity contribution < 1.29 is 9.53 Å². The van der Waals surface area contributed by atoms with Crippen LogP contribution in [-0.4, -0.2) is 23.0 Å². The minimum atomic E-state index is -0.195. The van der Waals surface area contributed by atoms with Gasteiger partial charge in [0, 0.05) is 18.8 Å². The molecule has 0 aliphatic heterocycles. The van der Waals surface area contributed by atoms with E-state index in [1.54, 1.807) is 12.4 Å². The first-order valence-electron chi connectivity index (χ1n) is 5.06. The number of hydrogen-bond donors (Lipinski definition) is 0. The number of aryl methyl sites for hydroxylation is 1. The first-order valence-corrected chi connectivity index (χ1v) is 5.06. The minimum absolute atomic E-state index is 0.195. The Hall–Kier alpha value is -1.97. The van der Waals surface area contributed by atoms with Gasteiger partial charge in [-0.3, -0.25) is 14.8 Å². The molecular weight excluding hydrogens is 204 g/mol. The maximum absolute atomic E-state index is 11.0. The van der Waals surface area contributed by atoms with Crippen molar-refractivity contribution in [3.63, 3.8) is 0 Å². The lowest BCUT2D eigenvalue weighted by Gasteiger charge is -2.01. The Labute approximate surface area is 93.3 Å². The average molecular weight is 216 g/mol. The van der Waals surface area contributed by atoms with Crippen molar-refractivity contribution in [1.82, 2.24) is 9.97 Å². The highest BCUT2D eigenvalue weighted by atomic mass is 16.5. The fourth-order valence-corrected chi connectivity index (χ4v) is 1.51. The van der Waals surface area contributed by atoms with Crippen molar-refractivity contribution in [2.45, 2.75) is 12.8 Å². The van der Waals surface area contributed by atoms with Gasteiger partial charge < -0.3 is 4.74 Å². The van der Waals surface area contributed by atoms with Gasteiger partial charge in [0.15, 0.2) is 0 Å². The van der Waals surface area contributed by atoms with Gasteiger partial charge in [0.2, 0.25) is 0 Å². The average Bonchev–Trinajstić information content (AvgIpc) is 2.35. The van der Waals surface area contributed by atoms with Crippen LogP contribution in [-0.2, 0) is 16.0 Å². The summed E-state index contributed by atoms with van der Waals surface area (Å²) in [7, 11) is 1.40. The Morgan fingerprint density at radius 3 is 2.75 bits per heavy atom. The van der Waals surface area contributed by atoms with Gasteiger partial charge in [-0.2, -0.15) is 0 Å². The zero-order valence-corrected chi connectivity index (χ0v) is 9.01. The van der Waals surface area contributed by atoms with Crippen molar-refractivity contribution in [3.8, 4) is 0 Å². The second-order valence-electron chi connectivity index (χ2n) is 3.46. The molecule has 0 fully saturated rings. The second kappa shape index (κ2) is 4.70. The molecule has 0 aliphatic rings. The van der Waals surface area contributed by atoms with E-state index in [9.17, 15) is 4.79 Å². The molecule has 1 aromatic heterocycles. The number of carbonyl (C=O) groups excluding carboxylic acids is 1. The van der Waals surface area contributed by atoms with Gasteiger partial charge in [-0.25, -0.2) is 0 Å². The van der Waals surface area contributed by atoms with Crippen LogP contribution in [0.1, 0.15) is 12.0 Å². The number of ether oxygens (including phenoxy) is 1. The van der Waals surface area contributed by atoms with Crippen LogP contribution in [0.2, 0.25) is 0 Å². The van der Waals surface area contributed by atoms with E-state index >= 15 is 0 Å². The fraction of sp³-hybridized carbons (Fsp3) is 0.250. The predicted molar refractivity (Wildman–Crippen MR) is 59.9 cm³/mol. The number of benzene rings is 1. The number of esters is 1. The number of methoxy groups -OCH3 is 1. The molecule has 0 radical (unpaired) electrons. The molecule has 0 bridgehead atoms. The Morgan fingerprint density at radius 2 is 2.00 bits per heavy atom. The summed E-state index contributed by atoms with van der Waals surface area (Å²) in [6.45, 7) is 0. The summed E-state index contributed by atoms with van der Waals surface area (Å²) in [5.74, 6) is -0.195. The summed E-state index contributed by atoms with van der Waals surface area (Å²) in [5, 5.41) is 0. The van der Waals surface area contributed by atoms with Crippen LogP contribution in [0.25, 0.3) is 11.0 Å².